The molecule has 0 aliphatic heterocycles. The van der Waals surface area contributed by atoms with E-state index in [0.29, 0.717) is 0 Å². The highest BCUT2D eigenvalue weighted by atomic mass is 14.7. The van der Waals surface area contributed by atoms with Gasteiger partial charge in [-0.2, -0.15) is 0 Å². The lowest BCUT2D eigenvalue weighted by Crippen LogP contribution is -2.23. The van der Waals surface area contributed by atoms with E-state index in [4.69, 9.17) is 0 Å². The summed E-state index contributed by atoms with van der Waals surface area (Å²) >= 11 is 0. The van der Waals surface area contributed by atoms with Crippen LogP contribution in [0.25, 0.3) is 0 Å². The molecule has 0 aromatic heterocycles. The van der Waals surface area contributed by atoms with Crippen molar-refractivity contribution in [3.63, 3.8) is 0 Å². The van der Waals surface area contributed by atoms with Crippen molar-refractivity contribution in [2.24, 2.45) is 23.2 Å². The summed E-state index contributed by atoms with van der Waals surface area (Å²) in [5.74, 6) is 3.26. The molecule has 2 aliphatic carbocycles. The lowest BCUT2D eigenvalue weighted by atomic mass is 9.73. The normalized spacial score (nSPS) is 53.2. The van der Waals surface area contributed by atoms with Crippen molar-refractivity contribution in [3.8, 4) is 0 Å². The number of rotatable bonds is 3. The molecule has 0 aromatic carbocycles. The second-order valence-electron chi connectivity index (χ2n) is 4.83. The van der Waals surface area contributed by atoms with Crippen molar-refractivity contribution >= 4 is 0 Å². The van der Waals surface area contributed by atoms with Crippen molar-refractivity contribution in [1.82, 2.24) is 0 Å². The Bertz CT molecular complexity index is 161. The molecule has 0 bridgehead atoms. The maximum atomic E-state index is 2.46. The summed E-state index contributed by atoms with van der Waals surface area (Å²) in [6.07, 6.45) is 5.92. The summed E-state index contributed by atoms with van der Waals surface area (Å²) in [6, 6.07) is 0. The summed E-state index contributed by atoms with van der Waals surface area (Å²) in [5, 5.41) is 0. The lowest BCUT2D eigenvalue weighted by Gasteiger charge is -2.32. The maximum absolute atomic E-state index is 2.46. The van der Waals surface area contributed by atoms with Crippen LogP contribution in [0, 0.1) is 23.2 Å². The van der Waals surface area contributed by atoms with Crippen LogP contribution >= 0.6 is 0 Å². The summed E-state index contributed by atoms with van der Waals surface area (Å²) in [4.78, 5) is 0. The molecule has 2 fully saturated rings. The van der Waals surface area contributed by atoms with E-state index in [9.17, 15) is 0 Å². The monoisotopic (exact) mass is 152 g/mol. The second-order valence-corrected chi connectivity index (χ2v) is 4.83. The van der Waals surface area contributed by atoms with Crippen molar-refractivity contribution in [1.29, 1.82) is 0 Å². The van der Waals surface area contributed by atoms with Gasteiger partial charge in [-0.05, 0) is 36.0 Å². The van der Waals surface area contributed by atoms with Gasteiger partial charge in [0, 0.05) is 0 Å². The minimum Gasteiger partial charge on any atom is -0.0654 e. The number of hydrogen-bond acceptors (Lipinski definition) is 0. The fourth-order valence-corrected chi connectivity index (χ4v) is 3.69. The second kappa shape index (κ2) is 2.24. The number of unbranched alkanes of at least 4 members (excludes halogenated alkanes) is 1. The predicted molar refractivity (Wildman–Crippen MR) is 48.4 cm³/mol. The van der Waals surface area contributed by atoms with E-state index in [0.717, 1.165) is 23.2 Å². The Morgan fingerprint density at radius 3 is 2.45 bits per heavy atom. The Morgan fingerprint density at radius 1 is 1.36 bits per heavy atom. The summed E-state index contributed by atoms with van der Waals surface area (Å²) in [7, 11) is 0. The van der Waals surface area contributed by atoms with Gasteiger partial charge in [-0.15, -0.1) is 0 Å². The van der Waals surface area contributed by atoms with E-state index in [1.807, 2.05) is 0 Å². The van der Waals surface area contributed by atoms with Gasteiger partial charge in [0.1, 0.15) is 0 Å². The molecule has 0 spiro atoms. The van der Waals surface area contributed by atoms with Gasteiger partial charge in [0.05, 0.1) is 0 Å². The minimum absolute atomic E-state index is 0.870. The zero-order chi connectivity index (χ0) is 8.06. The molecule has 0 heteroatoms. The highest BCUT2D eigenvalue weighted by molar-refractivity contribution is 5.18. The molecule has 0 radical (unpaired) electrons. The van der Waals surface area contributed by atoms with Gasteiger partial charge in [-0.3, -0.25) is 0 Å². The highest BCUT2D eigenvalue weighted by Gasteiger charge is 2.70. The Kier molecular flexibility index (Phi) is 1.56. The molecule has 2 aliphatic rings. The van der Waals surface area contributed by atoms with Gasteiger partial charge in [0.15, 0.2) is 0 Å². The molecule has 11 heavy (non-hydrogen) atoms. The highest BCUT2D eigenvalue weighted by Crippen LogP contribution is 2.76. The van der Waals surface area contributed by atoms with Crippen LogP contribution in [-0.2, 0) is 0 Å². The Labute approximate surface area is 70.4 Å². The SMILES string of the molecule is CCCCC12CC(C)C1C2C. The van der Waals surface area contributed by atoms with Crippen molar-refractivity contribution in [2.75, 3.05) is 0 Å². The Balaban J connectivity index is 1.87. The molecule has 0 amide bonds. The van der Waals surface area contributed by atoms with Crippen LogP contribution in [0.15, 0.2) is 0 Å². The predicted octanol–water partition coefficient (Wildman–Crippen LogP) is 3.47. The minimum atomic E-state index is 0.870. The van der Waals surface area contributed by atoms with E-state index in [-0.39, 0.29) is 0 Å². The molecular weight excluding hydrogens is 132 g/mol. The van der Waals surface area contributed by atoms with E-state index >= 15 is 0 Å². The molecule has 0 heterocycles. The third-order valence-corrected chi connectivity index (χ3v) is 4.31. The maximum Gasteiger partial charge on any atom is -0.0233 e. The Hall–Kier alpha value is 0. The van der Waals surface area contributed by atoms with Crippen molar-refractivity contribution in [3.05, 3.63) is 0 Å². The first-order chi connectivity index (χ1) is 5.22. The van der Waals surface area contributed by atoms with E-state index in [1.165, 1.54) is 19.3 Å². The summed E-state index contributed by atoms with van der Waals surface area (Å²) in [6.45, 7) is 7.20. The molecule has 4 atom stereocenters. The topological polar surface area (TPSA) is 0 Å². The molecular formula is C11H20. The first-order valence-electron chi connectivity index (χ1n) is 5.22. The average Bonchev–Trinajstić information content (AvgIpc) is 2.43. The summed E-state index contributed by atoms with van der Waals surface area (Å²) in [5.41, 5.74) is 0.870. The molecule has 2 rings (SSSR count). The van der Waals surface area contributed by atoms with E-state index in [1.54, 1.807) is 6.42 Å². The molecule has 0 N–H and O–H groups in total. The van der Waals surface area contributed by atoms with Crippen LogP contribution < -0.4 is 0 Å². The van der Waals surface area contributed by atoms with Gasteiger partial charge >= 0.3 is 0 Å². The van der Waals surface area contributed by atoms with Crippen LogP contribution in [0.3, 0.4) is 0 Å². The standard InChI is InChI=1S/C11H20/c1-4-5-6-11-7-8(2)10(11)9(11)3/h8-10H,4-7H2,1-3H3. The van der Waals surface area contributed by atoms with Crippen LogP contribution in [-0.4, -0.2) is 0 Å². The number of fused-ring (bicyclic) bond motifs is 1. The smallest absolute Gasteiger partial charge is 0.0233 e. The van der Waals surface area contributed by atoms with Gasteiger partial charge in [-0.1, -0.05) is 33.6 Å². The third-order valence-electron chi connectivity index (χ3n) is 4.31. The van der Waals surface area contributed by atoms with Crippen LogP contribution in [0.5, 0.6) is 0 Å². The molecule has 0 aromatic rings. The van der Waals surface area contributed by atoms with E-state index in [2.05, 4.69) is 20.8 Å². The fraction of sp³-hybridized carbons (Fsp3) is 1.00. The summed E-state index contributed by atoms with van der Waals surface area (Å²) < 4.78 is 0. The molecule has 0 nitrogen and oxygen atoms in total. The van der Waals surface area contributed by atoms with Crippen LogP contribution in [0.4, 0.5) is 0 Å². The quantitative estimate of drug-likeness (QED) is 0.581. The van der Waals surface area contributed by atoms with Gasteiger partial charge in [0.25, 0.3) is 0 Å². The van der Waals surface area contributed by atoms with Crippen LogP contribution in [0.2, 0.25) is 0 Å². The molecule has 0 saturated heterocycles. The van der Waals surface area contributed by atoms with E-state index < -0.39 is 0 Å². The Morgan fingerprint density at radius 2 is 2.09 bits per heavy atom. The van der Waals surface area contributed by atoms with Crippen LogP contribution in [0.1, 0.15) is 46.5 Å². The first-order valence-corrected chi connectivity index (χ1v) is 5.22. The molecule has 64 valence electrons. The molecule has 4 unspecified atom stereocenters. The first kappa shape index (κ1) is 7.64. The lowest BCUT2D eigenvalue weighted by molar-refractivity contribution is 0.178. The zero-order valence-corrected chi connectivity index (χ0v) is 8.06. The largest absolute Gasteiger partial charge is 0.0654 e. The fourth-order valence-electron chi connectivity index (χ4n) is 3.69. The number of hydrogen-bond donors (Lipinski definition) is 0. The van der Waals surface area contributed by atoms with Crippen molar-refractivity contribution in [2.45, 2.75) is 46.5 Å². The third kappa shape index (κ3) is 0.816. The van der Waals surface area contributed by atoms with Gasteiger partial charge in [0.2, 0.25) is 0 Å². The van der Waals surface area contributed by atoms with Gasteiger partial charge in [-0.25, -0.2) is 0 Å². The zero-order valence-electron chi connectivity index (χ0n) is 8.06. The van der Waals surface area contributed by atoms with Gasteiger partial charge < -0.3 is 0 Å². The average molecular weight is 152 g/mol. The van der Waals surface area contributed by atoms with Crippen molar-refractivity contribution < 1.29 is 0 Å². The molecule has 2 saturated carbocycles.